The molecule has 0 bridgehead atoms. The quantitative estimate of drug-likeness (QED) is 0.714. The van der Waals surface area contributed by atoms with Gasteiger partial charge < -0.3 is 14.8 Å². The number of carbonyl (C=O) groups is 1. The lowest BCUT2D eigenvalue weighted by molar-refractivity contribution is 0.0953. The zero-order valence-electron chi connectivity index (χ0n) is 16.2. The van der Waals surface area contributed by atoms with Crippen LogP contribution in [0.25, 0.3) is 5.69 Å². The number of rotatable bonds is 5. The van der Waals surface area contributed by atoms with Gasteiger partial charge >= 0.3 is 0 Å². The molecular formula is C22H23N3O3. The van der Waals surface area contributed by atoms with Gasteiger partial charge in [0.1, 0.15) is 11.5 Å². The van der Waals surface area contributed by atoms with E-state index in [1.165, 1.54) is 0 Å². The molecule has 3 aromatic rings. The van der Waals surface area contributed by atoms with E-state index in [-0.39, 0.29) is 5.78 Å². The topological polar surface area (TPSA) is 65.4 Å². The minimum Gasteiger partial charge on any atom is -0.497 e. The SMILES string of the molecule is COc1ccc(Nc2nn(-c3ccc(OC)cc3)c3c2C(=O)C[C@H](C)C3)cc1. The van der Waals surface area contributed by atoms with Crippen molar-refractivity contribution in [1.82, 2.24) is 9.78 Å². The fraction of sp³-hybridized carbons (Fsp3) is 0.273. The van der Waals surface area contributed by atoms with Crippen molar-refractivity contribution in [2.45, 2.75) is 19.8 Å². The molecule has 0 fully saturated rings. The highest BCUT2D eigenvalue weighted by atomic mass is 16.5. The molecule has 144 valence electrons. The minimum absolute atomic E-state index is 0.129. The van der Waals surface area contributed by atoms with E-state index in [4.69, 9.17) is 14.6 Å². The summed E-state index contributed by atoms with van der Waals surface area (Å²) in [6, 6.07) is 15.3. The Morgan fingerprint density at radius 3 is 2.18 bits per heavy atom. The number of nitrogens with one attached hydrogen (secondary N) is 1. The van der Waals surface area contributed by atoms with Crippen LogP contribution in [0.5, 0.6) is 11.5 Å². The lowest BCUT2D eigenvalue weighted by Gasteiger charge is -2.19. The summed E-state index contributed by atoms with van der Waals surface area (Å²) >= 11 is 0. The number of methoxy groups -OCH3 is 2. The monoisotopic (exact) mass is 377 g/mol. The molecule has 1 atom stereocenters. The third-order valence-electron chi connectivity index (χ3n) is 5.01. The number of aromatic nitrogens is 2. The summed E-state index contributed by atoms with van der Waals surface area (Å²) < 4.78 is 12.3. The lowest BCUT2D eigenvalue weighted by atomic mass is 9.87. The number of Topliss-reactive ketones (excluding diaryl/α,β-unsaturated/α-hetero) is 1. The molecule has 2 aromatic carbocycles. The van der Waals surface area contributed by atoms with Gasteiger partial charge in [-0.05, 0) is 60.9 Å². The first-order valence-corrected chi connectivity index (χ1v) is 9.29. The van der Waals surface area contributed by atoms with Crippen molar-refractivity contribution in [3.05, 3.63) is 59.8 Å². The Labute approximate surface area is 164 Å². The van der Waals surface area contributed by atoms with Crippen LogP contribution in [0.3, 0.4) is 0 Å². The molecule has 0 saturated carbocycles. The van der Waals surface area contributed by atoms with E-state index >= 15 is 0 Å². The summed E-state index contributed by atoms with van der Waals surface area (Å²) in [5.41, 5.74) is 3.39. The van der Waals surface area contributed by atoms with Crippen LogP contribution in [0, 0.1) is 5.92 Å². The zero-order chi connectivity index (χ0) is 19.7. The molecule has 0 amide bonds. The van der Waals surface area contributed by atoms with Crippen LogP contribution < -0.4 is 14.8 Å². The third kappa shape index (κ3) is 3.33. The molecule has 0 spiro atoms. The Bertz CT molecular complexity index is 991. The Morgan fingerprint density at radius 2 is 1.57 bits per heavy atom. The summed E-state index contributed by atoms with van der Waals surface area (Å²) in [4.78, 5) is 12.8. The molecule has 0 saturated heterocycles. The van der Waals surface area contributed by atoms with Crippen LogP contribution in [-0.2, 0) is 6.42 Å². The number of nitrogens with zero attached hydrogens (tertiary/aromatic N) is 2. The number of benzene rings is 2. The van der Waals surface area contributed by atoms with E-state index < -0.39 is 0 Å². The van der Waals surface area contributed by atoms with Crippen LogP contribution in [-0.4, -0.2) is 29.8 Å². The number of hydrogen-bond donors (Lipinski definition) is 1. The second-order valence-corrected chi connectivity index (χ2v) is 7.07. The summed E-state index contributed by atoms with van der Waals surface area (Å²) in [6.07, 6.45) is 1.35. The van der Waals surface area contributed by atoms with Crippen LogP contribution in [0.2, 0.25) is 0 Å². The smallest absolute Gasteiger partial charge is 0.168 e. The number of anilines is 2. The van der Waals surface area contributed by atoms with Crippen LogP contribution in [0.15, 0.2) is 48.5 Å². The summed E-state index contributed by atoms with van der Waals surface area (Å²) in [5, 5.41) is 8.06. The second-order valence-electron chi connectivity index (χ2n) is 7.07. The van der Waals surface area contributed by atoms with Crippen LogP contribution >= 0.6 is 0 Å². The van der Waals surface area contributed by atoms with Gasteiger partial charge in [0.05, 0.1) is 31.2 Å². The molecule has 0 aliphatic heterocycles. The highest BCUT2D eigenvalue weighted by molar-refractivity contribution is 6.03. The first-order chi connectivity index (χ1) is 13.6. The fourth-order valence-electron chi connectivity index (χ4n) is 3.59. The Morgan fingerprint density at radius 1 is 0.964 bits per heavy atom. The first-order valence-electron chi connectivity index (χ1n) is 9.29. The van der Waals surface area contributed by atoms with Crippen LogP contribution in [0.1, 0.15) is 29.4 Å². The average Bonchev–Trinajstić information content (AvgIpc) is 3.07. The van der Waals surface area contributed by atoms with E-state index in [2.05, 4.69) is 12.2 Å². The molecule has 1 N–H and O–H groups in total. The predicted molar refractivity (Wildman–Crippen MR) is 108 cm³/mol. The Hall–Kier alpha value is -3.28. The number of hydrogen-bond acceptors (Lipinski definition) is 5. The molecule has 4 rings (SSSR count). The van der Waals surface area contributed by atoms with Gasteiger partial charge in [0.15, 0.2) is 11.6 Å². The van der Waals surface area contributed by atoms with Gasteiger partial charge in [-0.25, -0.2) is 4.68 Å². The molecule has 1 aliphatic carbocycles. The van der Waals surface area contributed by atoms with Gasteiger partial charge in [-0.2, -0.15) is 0 Å². The summed E-state index contributed by atoms with van der Waals surface area (Å²) in [7, 11) is 3.27. The average molecular weight is 377 g/mol. The van der Waals surface area contributed by atoms with Crippen molar-refractivity contribution in [3.8, 4) is 17.2 Å². The zero-order valence-corrected chi connectivity index (χ0v) is 16.2. The van der Waals surface area contributed by atoms with Gasteiger partial charge in [0.25, 0.3) is 0 Å². The highest BCUT2D eigenvalue weighted by Crippen LogP contribution is 2.34. The molecule has 1 aliphatic rings. The maximum atomic E-state index is 12.8. The van der Waals surface area contributed by atoms with Crippen molar-refractivity contribution in [3.63, 3.8) is 0 Å². The normalized spacial score (nSPS) is 15.8. The van der Waals surface area contributed by atoms with Crippen LogP contribution in [0.4, 0.5) is 11.5 Å². The van der Waals surface area contributed by atoms with Crippen molar-refractivity contribution in [2.24, 2.45) is 5.92 Å². The van der Waals surface area contributed by atoms with Crippen molar-refractivity contribution < 1.29 is 14.3 Å². The number of ketones is 1. The second kappa shape index (κ2) is 7.38. The first kappa shape index (κ1) is 18.1. The fourth-order valence-corrected chi connectivity index (χ4v) is 3.59. The van der Waals surface area contributed by atoms with Crippen molar-refractivity contribution in [1.29, 1.82) is 0 Å². The largest absolute Gasteiger partial charge is 0.497 e. The lowest BCUT2D eigenvalue weighted by Crippen LogP contribution is -2.19. The maximum Gasteiger partial charge on any atom is 0.168 e. The highest BCUT2D eigenvalue weighted by Gasteiger charge is 2.31. The van der Waals surface area contributed by atoms with Gasteiger partial charge in [-0.3, -0.25) is 4.79 Å². The molecule has 1 heterocycles. The summed E-state index contributed by atoms with van der Waals surface area (Å²) in [6.45, 7) is 2.10. The molecule has 6 nitrogen and oxygen atoms in total. The molecule has 0 unspecified atom stereocenters. The van der Waals surface area contributed by atoms with Gasteiger partial charge in [-0.15, -0.1) is 5.10 Å². The van der Waals surface area contributed by atoms with Gasteiger partial charge in [0.2, 0.25) is 0 Å². The van der Waals surface area contributed by atoms with Crippen molar-refractivity contribution in [2.75, 3.05) is 19.5 Å². The van der Waals surface area contributed by atoms with E-state index in [1.807, 2.05) is 53.2 Å². The van der Waals surface area contributed by atoms with E-state index in [1.54, 1.807) is 14.2 Å². The maximum absolute atomic E-state index is 12.8. The standard InChI is InChI=1S/C22H23N3O3/c1-14-12-19-21(20(26)13-14)22(23-15-4-8-17(27-2)9-5-15)24-25(19)16-6-10-18(28-3)11-7-16/h4-11,14H,12-13H2,1-3H3,(H,23,24)/t14-/m1/s1. The molecule has 0 radical (unpaired) electrons. The number of carbonyl (C=O) groups excluding carboxylic acids is 1. The Kier molecular flexibility index (Phi) is 4.77. The summed E-state index contributed by atoms with van der Waals surface area (Å²) in [5.74, 6) is 2.58. The third-order valence-corrected chi connectivity index (χ3v) is 5.01. The van der Waals surface area contributed by atoms with Crippen molar-refractivity contribution >= 4 is 17.3 Å². The molecule has 1 aromatic heterocycles. The minimum atomic E-state index is 0.129. The van der Waals surface area contributed by atoms with Gasteiger partial charge in [-0.1, -0.05) is 6.92 Å². The van der Waals surface area contributed by atoms with E-state index in [0.717, 1.165) is 35.0 Å². The number of fused-ring (bicyclic) bond motifs is 1. The molecule has 28 heavy (non-hydrogen) atoms. The van der Waals surface area contributed by atoms with Gasteiger partial charge in [0, 0.05) is 12.1 Å². The molecule has 6 heteroatoms. The molecular weight excluding hydrogens is 354 g/mol. The van der Waals surface area contributed by atoms with E-state index in [0.29, 0.717) is 23.7 Å². The van der Waals surface area contributed by atoms with E-state index in [9.17, 15) is 4.79 Å². The number of ether oxygens (including phenoxy) is 2. The predicted octanol–water partition coefficient (Wildman–Crippen LogP) is 4.40. The Balaban J connectivity index is 1.76.